The summed E-state index contributed by atoms with van der Waals surface area (Å²) >= 11 is 6.06. The monoisotopic (exact) mass is 295 g/mol. The highest BCUT2D eigenvalue weighted by Crippen LogP contribution is 2.22. The summed E-state index contributed by atoms with van der Waals surface area (Å²) in [7, 11) is 0. The number of hydrogen-bond donors (Lipinski definition) is 2. The van der Waals surface area contributed by atoms with Crippen LogP contribution in [0.25, 0.3) is 0 Å². The van der Waals surface area contributed by atoms with Crippen molar-refractivity contribution in [3.8, 4) is 0 Å². The maximum absolute atomic E-state index is 12.2. The third-order valence-electron chi connectivity index (χ3n) is 3.68. The number of rotatable bonds is 6. The molecule has 0 unspecified atom stereocenters. The predicted octanol–water partition coefficient (Wildman–Crippen LogP) is 2.27. The van der Waals surface area contributed by atoms with E-state index >= 15 is 0 Å². The molecule has 1 saturated heterocycles. The van der Waals surface area contributed by atoms with E-state index in [0.717, 1.165) is 37.3 Å². The fourth-order valence-corrected chi connectivity index (χ4v) is 2.50. The van der Waals surface area contributed by atoms with Gasteiger partial charge in [-0.25, -0.2) is 0 Å². The summed E-state index contributed by atoms with van der Waals surface area (Å²) < 4.78 is 0. The fraction of sp³-hybridized carbons (Fsp3) is 0.533. The summed E-state index contributed by atoms with van der Waals surface area (Å²) in [5.74, 6) is 0.0238. The number of anilines is 1. The van der Waals surface area contributed by atoms with Gasteiger partial charge in [0, 0.05) is 29.8 Å². The molecule has 1 aromatic rings. The SMILES string of the molecule is CCCN(CC(=O)Nc1cccc(Cl)c1C)C1CNC1. The molecule has 2 rings (SSSR count). The van der Waals surface area contributed by atoms with Crippen molar-refractivity contribution in [2.24, 2.45) is 0 Å². The van der Waals surface area contributed by atoms with Gasteiger partial charge in [-0.3, -0.25) is 9.69 Å². The third-order valence-corrected chi connectivity index (χ3v) is 4.09. The molecular weight excluding hydrogens is 274 g/mol. The van der Waals surface area contributed by atoms with Crippen LogP contribution in [0.1, 0.15) is 18.9 Å². The molecule has 0 aromatic heterocycles. The van der Waals surface area contributed by atoms with Gasteiger partial charge in [-0.1, -0.05) is 24.6 Å². The molecule has 2 N–H and O–H groups in total. The second-order valence-corrected chi connectivity index (χ2v) is 5.65. The number of hydrogen-bond acceptors (Lipinski definition) is 3. The fourth-order valence-electron chi connectivity index (χ4n) is 2.33. The van der Waals surface area contributed by atoms with Gasteiger partial charge < -0.3 is 10.6 Å². The van der Waals surface area contributed by atoms with Gasteiger partial charge in [0.15, 0.2) is 0 Å². The first-order chi connectivity index (χ1) is 9.61. The van der Waals surface area contributed by atoms with E-state index in [9.17, 15) is 4.79 Å². The van der Waals surface area contributed by atoms with Crippen LogP contribution in [0.3, 0.4) is 0 Å². The highest BCUT2D eigenvalue weighted by molar-refractivity contribution is 6.31. The van der Waals surface area contributed by atoms with E-state index in [1.807, 2.05) is 25.1 Å². The number of amides is 1. The van der Waals surface area contributed by atoms with Crippen molar-refractivity contribution in [1.29, 1.82) is 0 Å². The van der Waals surface area contributed by atoms with Crippen LogP contribution in [0, 0.1) is 6.92 Å². The van der Waals surface area contributed by atoms with Crippen LogP contribution in [-0.2, 0) is 4.79 Å². The Kier molecular flexibility index (Phi) is 5.40. The summed E-state index contributed by atoms with van der Waals surface area (Å²) in [4.78, 5) is 14.4. The van der Waals surface area contributed by atoms with Gasteiger partial charge in [-0.05, 0) is 37.6 Å². The second-order valence-electron chi connectivity index (χ2n) is 5.24. The molecule has 4 nitrogen and oxygen atoms in total. The molecule has 1 fully saturated rings. The first kappa shape index (κ1) is 15.3. The van der Waals surface area contributed by atoms with Gasteiger partial charge in [0.05, 0.1) is 6.54 Å². The van der Waals surface area contributed by atoms with Crippen molar-refractivity contribution in [1.82, 2.24) is 10.2 Å². The van der Waals surface area contributed by atoms with Gasteiger partial charge in [0.2, 0.25) is 5.91 Å². The Hall–Kier alpha value is -1.10. The Morgan fingerprint density at radius 1 is 1.50 bits per heavy atom. The highest BCUT2D eigenvalue weighted by Gasteiger charge is 2.25. The number of benzene rings is 1. The van der Waals surface area contributed by atoms with Crippen LogP contribution < -0.4 is 10.6 Å². The van der Waals surface area contributed by atoms with Crippen molar-refractivity contribution >= 4 is 23.2 Å². The first-order valence-corrected chi connectivity index (χ1v) is 7.49. The summed E-state index contributed by atoms with van der Waals surface area (Å²) in [5.41, 5.74) is 1.71. The zero-order chi connectivity index (χ0) is 14.5. The van der Waals surface area contributed by atoms with Gasteiger partial charge in [-0.15, -0.1) is 0 Å². The topological polar surface area (TPSA) is 44.4 Å². The van der Waals surface area contributed by atoms with E-state index in [1.54, 1.807) is 0 Å². The molecule has 1 aliphatic heterocycles. The van der Waals surface area contributed by atoms with E-state index in [1.165, 1.54) is 0 Å². The van der Waals surface area contributed by atoms with E-state index in [-0.39, 0.29) is 5.91 Å². The Bertz CT molecular complexity index is 474. The normalized spacial score (nSPS) is 15.2. The van der Waals surface area contributed by atoms with E-state index in [0.29, 0.717) is 17.6 Å². The summed E-state index contributed by atoms with van der Waals surface area (Å²) in [5, 5.41) is 6.88. The van der Waals surface area contributed by atoms with Gasteiger partial charge in [0.25, 0.3) is 0 Å². The van der Waals surface area contributed by atoms with Crippen molar-refractivity contribution < 1.29 is 4.79 Å². The number of nitrogens with zero attached hydrogens (tertiary/aromatic N) is 1. The lowest BCUT2D eigenvalue weighted by Crippen LogP contribution is -2.58. The van der Waals surface area contributed by atoms with Crippen molar-refractivity contribution in [3.63, 3.8) is 0 Å². The van der Waals surface area contributed by atoms with Crippen molar-refractivity contribution in [2.45, 2.75) is 26.3 Å². The van der Waals surface area contributed by atoms with Gasteiger partial charge >= 0.3 is 0 Å². The second kappa shape index (κ2) is 7.07. The zero-order valence-electron chi connectivity index (χ0n) is 12.1. The van der Waals surface area contributed by atoms with Crippen LogP contribution in [-0.4, -0.2) is 43.0 Å². The molecule has 110 valence electrons. The van der Waals surface area contributed by atoms with E-state index in [2.05, 4.69) is 22.5 Å². The molecule has 20 heavy (non-hydrogen) atoms. The van der Waals surface area contributed by atoms with Gasteiger partial charge in [-0.2, -0.15) is 0 Å². The van der Waals surface area contributed by atoms with E-state index in [4.69, 9.17) is 11.6 Å². The van der Waals surface area contributed by atoms with Crippen LogP contribution in [0.15, 0.2) is 18.2 Å². The van der Waals surface area contributed by atoms with Crippen LogP contribution in [0.2, 0.25) is 5.02 Å². The quantitative estimate of drug-likeness (QED) is 0.846. The molecule has 0 saturated carbocycles. The molecule has 1 aliphatic rings. The molecule has 1 aromatic carbocycles. The lowest BCUT2D eigenvalue weighted by atomic mass is 10.1. The Morgan fingerprint density at radius 3 is 2.85 bits per heavy atom. The number of carbonyl (C=O) groups is 1. The zero-order valence-corrected chi connectivity index (χ0v) is 12.8. The number of carbonyl (C=O) groups excluding carboxylic acids is 1. The maximum Gasteiger partial charge on any atom is 0.238 e. The Morgan fingerprint density at radius 2 is 2.25 bits per heavy atom. The standard InChI is InChI=1S/C15H22ClN3O/c1-3-7-19(12-8-17-9-12)10-15(20)18-14-6-4-5-13(16)11(14)2/h4-6,12,17H,3,7-10H2,1-2H3,(H,18,20). The third kappa shape index (κ3) is 3.72. The predicted molar refractivity (Wildman–Crippen MR) is 83.3 cm³/mol. The summed E-state index contributed by atoms with van der Waals surface area (Å²) in [6.45, 7) is 7.39. The number of nitrogens with one attached hydrogen (secondary N) is 2. The minimum Gasteiger partial charge on any atom is -0.325 e. The highest BCUT2D eigenvalue weighted by atomic mass is 35.5. The Labute approximate surface area is 125 Å². The minimum absolute atomic E-state index is 0.0238. The molecule has 0 aliphatic carbocycles. The van der Waals surface area contributed by atoms with Crippen molar-refractivity contribution in [2.75, 3.05) is 31.5 Å². The first-order valence-electron chi connectivity index (χ1n) is 7.11. The average molecular weight is 296 g/mol. The van der Waals surface area contributed by atoms with Crippen LogP contribution in [0.4, 0.5) is 5.69 Å². The average Bonchev–Trinajstić information content (AvgIpc) is 2.33. The van der Waals surface area contributed by atoms with Crippen LogP contribution in [0.5, 0.6) is 0 Å². The molecule has 0 atom stereocenters. The smallest absolute Gasteiger partial charge is 0.238 e. The van der Waals surface area contributed by atoms with Gasteiger partial charge in [0.1, 0.15) is 0 Å². The molecule has 0 radical (unpaired) electrons. The number of halogens is 1. The van der Waals surface area contributed by atoms with Crippen LogP contribution >= 0.6 is 11.6 Å². The van der Waals surface area contributed by atoms with E-state index < -0.39 is 0 Å². The lowest BCUT2D eigenvalue weighted by molar-refractivity contribution is -0.118. The Balaban J connectivity index is 1.95. The molecule has 0 bridgehead atoms. The molecule has 5 heteroatoms. The minimum atomic E-state index is 0.0238. The molecule has 0 spiro atoms. The summed E-state index contributed by atoms with van der Waals surface area (Å²) in [6.07, 6.45) is 1.06. The summed E-state index contributed by atoms with van der Waals surface area (Å²) in [6, 6.07) is 6.05. The molecule has 1 amide bonds. The van der Waals surface area contributed by atoms with Crippen molar-refractivity contribution in [3.05, 3.63) is 28.8 Å². The molecule has 1 heterocycles. The largest absolute Gasteiger partial charge is 0.325 e. The molecular formula is C15H22ClN3O. The maximum atomic E-state index is 12.2. The lowest BCUT2D eigenvalue weighted by Gasteiger charge is -2.37.